The zero-order chi connectivity index (χ0) is 15.2. The highest BCUT2D eigenvalue weighted by Crippen LogP contribution is 2.19. The van der Waals surface area contributed by atoms with Crippen LogP contribution in [0.1, 0.15) is 29.8 Å². The van der Waals surface area contributed by atoms with E-state index in [-0.39, 0.29) is 0 Å². The minimum absolute atomic E-state index is 0.502. The second kappa shape index (κ2) is 7.32. The Bertz CT molecular complexity index is 617. The molecule has 1 atom stereocenters. The fraction of sp³-hybridized carbons (Fsp3) is 0.368. The van der Waals surface area contributed by atoms with Crippen molar-refractivity contribution in [1.82, 2.24) is 15.3 Å². The minimum atomic E-state index is 0.502. The lowest BCUT2D eigenvalue weighted by molar-refractivity contribution is 0.500. The molecule has 0 aliphatic carbocycles. The summed E-state index contributed by atoms with van der Waals surface area (Å²) >= 11 is 0. The van der Waals surface area contributed by atoms with Gasteiger partial charge in [0.25, 0.3) is 0 Å². The largest absolute Gasteiger partial charge is 0.310 e. The second-order valence-electron chi connectivity index (χ2n) is 6.00. The Hall–Kier alpha value is -2.00. The van der Waals surface area contributed by atoms with Gasteiger partial charge in [-0.25, -0.2) is 9.97 Å². The predicted octanol–water partition coefficient (Wildman–Crippen LogP) is 3.25. The first-order chi connectivity index (χ1) is 10.8. The van der Waals surface area contributed by atoms with E-state index in [0.29, 0.717) is 6.04 Å². The smallest absolute Gasteiger partial charge is 0.125 e. The van der Waals surface area contributed by atoms with Gasteiger partial charge in [-0.3, -0.25) is 0 Å². The van der Waals surface area contributed by atoms with E-state index in [1.165, 1.54) is 11.1 Å². The van der Waals surface area contributed by atoms with E-state index in [1.807, 2.05) is 19.3 Å². The number of hydrogen-bond donors (Lipinski definition) is 1. The van der Waals surface area contributed by atoms with Gasteiger partial charge in [-0.05, 0) is 43.7 Å². The van der Waals surface area contributed by atoms with Crippen LogP contribution in [0.2, 0.25) is 0 Å². The molecule has 3 rings (SSSR count). The molecule has 0 saturated carbocycles. The van der Waals surface area contributed by atoms with Crippen molar-refractivity contribution in [2.24, 2.45) is 0 Å². The van der Waals surface area contributed by atoms with Crippen molar-refractivity contribution in [1.29, 1.82) is 0 Å². The molecule has 0 bridgehead atoms. The van der Waals surface area contributed by atoms with Crippen LogP contribution in [0.15, 0.2) is 54.4 Å². The molecule has 2 aromatic rings. The Morgan fingerprint density at radius 1 is 1.05 bits per heavy atom. The molecule has 0 spiro atoms. The van der Waals surface area contributed by atoms with Gasteiger partial charge in [0.15, 0.2) is 0 Å². The van der Waals surface area contributed by atoms with Crippen molar-refractivity contribution in [3.05, 3.63) is 71.3 Å². The van der Waals surface area contributed by atoms with Crippen LogP contribution in [0.3, 0.4) is 0 Å². The van der Waals surface area contributed by atoms with Crippen LogP contribution in [0.4, 0.5) is 0 Å². The van der Waals surface area contributed by atoms with Crippen LogP contribution in [0, 0.1) is 6.92 Å². The van der Waals surface area contributed by atoms with Crippen molar-refractivity contribution in [3.63, 3.8) is 0 Å². The molecule has 114 valence electrons. The molecule has 0 fully saturated rings. The summed E-state index contributed by atoms with van der Waals surface area (Å²) in [6.45, 7) is 2.90. The van der Waals surface area contributed by atoms with Gasteiger partial charge in [0.2, 0.25) is 0 Å². The first kappa shape index (κ1) is 14.9. The molecule has 0 amide bonds. The molecule has 1 aromatic carbocycles. The summed E-state index contributed by atoms with van der Waals surface area (Å²) in [4.78, 5) is 8.57. The maximum atomic E-state index is 4.29. The maximum Gasteiger partial charge on any atom is 0.125 e. The highest BCUT2D eigenvalue weighted by molar-refractivity contribution is 5.19. The Kier molecular flexibility index (Phi) is 4.96. The number of benzene rings is 1. The number of hydrogen-bond acceptors (Lipinski definition) is 3. The van der Waals surface area contributed by atoms with Crippen molar-refractivity contribution < 1.29 is 0 Å². The SMILES string of the molecule is Cc1ncc(CC2CC(CCc3ccccc3)=CCN2)cn1. The summed E-state index contributed by atoms with van der Waals surface area (Å²) in [6.07, 6.45) is 10.7. The lowest BCUT2D eigenvalue weighted by atomic mass is 9.93. The summed E-state index contributed by atoms with van der Waals surface area (Å²) < 4.78 is 0. The Morgan fingerprint density at radius 3 is 2.59 bits per heavy atom. The molecular weight excluding hydrogens is 270 g/mol. The molecule has 1 unspecified atom stereocenters. The quantitative estimate of drug-likeness (QED) is 0.860. The molecule has 1 aliphatic rings. The first-order valence-corrected chi connectivity index (χ1v) is 8.02. The number of nitrogens with one attached hydrogen (secondary N) is 1. The van der Waals surface area contributed by atoms with Gasteiger partial charge in [-0.2, -0.15) is 0 Å². The van der Waals surface area contributed by atoms with Gasteiger partial charge in [-0.15, -0.1) is 0 Å². The minimum Gasteiger partial charge on any atom is -0.310 e. The highest BCUT2D eigenvalue weighted by Gasteiger charge is 2.15. The summed E-state index contributed by atoms with van der Waals surface area (Å²) in [5.41, 5.74) is 4.21. The molecule has 1 aliphatic heterocycles. The van der Waals surface area contributed by atoms with E-state index in [1.54, 1.807) is 5.57 Å². The van der Waals surface area contributed by atoms with Crippen LogP contribution < -0.4 is 5.32 Å². The summed E-state index contributed by atoms with van der Waals surface area (Å²) in [6, 6.07) is 11.2. The predicted molar refractivity (Wildman–Crippen MR) is 89.7 cm³/mol. The standard InChI is InChI=1S/C19H23N3/c1-15-21-13-18(14-22-15)12-19-11-17(9-10-20-19)8-7-16-5-3-2-4-6-16/h2-6,9,13-14,19-20H,7-8,10-12H2,1H3. The third kappa shape index (κ3) is 4.25. The number of nitrogens with zero attached hydrogens (tertiary/aromatic N) is 2. The topological polar surface area (TPSA) is 37.8 Å². The number of rotatable bonds is 5. The van der Waals surface area contributed by atoms with Crippen molar-refractivity contribution >= 4 is 0 Å². The van der Waals surface area contributed by atoms with Gasteiger partial charge in [0.1, 0.15) is 5.82 Å². The van der Waals surface area contributed by atoms with Crippen LogP contribution in [-0.2, 0) is 12.8 Å². The Labute approximate surface area is 132 Å². The zero-order valence-electron chi connectivity index (χ0n) is 13.1. The Balaban J connectivity index is 1.52. The van der Waals surface area contributed by atoms with Gasteiger partial charge in [-0.1, -0.05) is 42.0 Å². The van der Waals surface area contributed by atoms with E-state index >= 15 is 0 Å². The summed E-state index contributed by atoms with van der Waals surface area (Å²) in [5, 5.41) is 3.58. The van der Waals surface area contributed by atoms with E-state index in [9.17, 15) is 0 Å². The first-order valence-electron chi connectivity index (χ1n) is 8.02. The fourth-order valence-corrected chi connectivity index (χ4v) is 2.95. The Morgan fingerprint density at radius 2 is 1.82 bits per heavy atom. The number of aryl methyl sites for hydroxylation is 2. The molecule has 3 heteroatoms. The monoisotopic (exact) mass is 293 g/mol. The molecule has 3 nitrogen and oxygen atoms in total. The van der Waals surface area contributed by atoms with Crippen LogP contribution in [0.25, 0.3) is 0 Å². The summed E-state index contributed by atoms with van der Waals surface area (Å²) in [7, 11) is 0. The molecule has 1 aromatic heterocycles. The molecular formula is C19H23N3. The normalized spacial score (nSPS) is 18.0. The summed E-state index contributed by atoms with van der Waals surface area (Å²) in [5.74, 6) is 0.837. The lowest BCUT2D eigenvalue weighted by Gasteiger charge is -2.24. The third-order valence-electron chi connectivity index (χ3n) is 4.20. The third-order valence-corrected chi connectivity index (χ3v) is 4.20. The molecule has 0 saturated heterocycles. The maximum absolute atomic E-state index is 4.29. The zero-order valence-corrected chi connectivity index (χ0v) is 13.1. The van der Waals surface area contributed by atoms with Crippen LogP contribution in [0.5, 0.6) is 0 Å². The second-order valence-corrected chi connectivity index (χ2v) is 6.00. The van der Waals surface area contributed by atoms with Crippen molar-refractivity contribution in [3.8, 4) is 0 Å². The van der Waals surface area contributed by atoms with E-state index in [0.717, 1.165) is 38.1 Å². The number of aromatic nitrogens is 2. The van der Waals surface area contributed by atoms with E-state index in [4.69, 9.17) is 0 Å². The molecule has 1 N–H and O–H groups in total. The van der Waals surface area contributed by atoms with Crippen LogP contribution >= 0.6 is 0 Å². The van der Waals surface area contributed by atoms with E-state index in [2.05, 4.69) is 51.7 Å². The average molecular weight is 293 g/mol. The van der Waals surface area contributed by atoms with E-state index < -0.39 is 0 Å². The van der Waals surface area contributed by atoms with Gasteiger partial charge < -0.3 is 5.32 Å². The fourth-order valence-electron chi connectivity index (χ4n) is 2.95. The molecule has 22 heavy (non-hydrogen) atoms. The van der Waals surface area contributed by atoms with Crippen molar-refractivity contribution in [2.45, 2.75) is 38.6 Å². The van der Waals surface area contributed by atoms with Crippen LogP contribution in [-0.4, -0.2) is 22.6 Å². The van der Waals surface area contributed by atoms with Gasteiger partial charge in [0.05, 0.1) is 0 Å². The average Bonchev–Trinajstić information content (AvgIpc) is 2.57. The van der Waals surface area contributed by atoms with Gasteiger partial charge >= 0.3 is 0 Å². The lowest BCUT2D eigenvalue weighted by Crippen LogP contribution is -2.35. The highest BCUT2D eigenvalue weighted by atomic mass is 14.9. The molecule has 0 radical (unpaired) electrons. The van der Waals surface area contributed by atoms with Gasteiger partial charge in [0, 0.05) is 25.0 Å². The van der Waals surface area contributed by atoms with Crippen molar-refractivity contribution in [2.75, 3.05) is 6.54 Å². The molecule has 2 heterocycles.